The van der Waals surface area contributed by atoms with E-state index in [1.54, 1.807) is 0 Å². The van der Waals surface area contributed by atoms with E-state index in [0.29, 0.717) is 30.7 Å². The number of aromatic nitrogens is 1. The number of ether oxygens (including phenoxy) is 1. The van der Waals surface area contributed by atoms with E-state index in [2.05, 4.69) is 36.3 Å². The highest BCUT2D eigenvalue weighted by Gasteiger charge is 2.25. The third-order valence-electron chi connectivity index (χ3n) is 4.04. The van der Waals surface area contributed by atoms with Gasteiger partial charge in [0, 0.05) is 30.6 Å². The summed E-state index contributed by atoms with van der Waals surface area (Å²) in [5.74, 6) is 0.423. The van der Waals surface area contributed by atoms with Crippen molar-refractivity contribution in [1.82, 2.24) is 9.88 Å². The van der Waals surface area contributed by atoms with Gasteiger partial charge in [0.25, 0.3) is 0 Å². The predicted molar refractivity (Wildman–Crippen MR) is 96.7 cm³/mol. The van der Waals surface area contributed by atoms with Gasteiger partial charge in [-0.3, -0.25) is 5.32 Å². The number of benzene rings is 1. The lowest BCUT2D eigenvalue weighted by atomic mass is 10.1. The SMILES string of the molecule is CC(C)c1cnc(NC(=O)N2CCO[C@@H](Cc3ccccc3)C2)s1. The molecule has 1 aliphatic heterocycles. The van der Waals surface area contributed by atoms with Crippen molar-refractivity contribution in [1.29, 1.82) is 0 Å². The second kappa shape index (κ2) is 7.77. The van der Waals surface area contributed by atoms with E-state index in [1.807, 2.05) is 29.3 Å². The van der Waals surface area contributed by atoms with E-state index in [9.17, 15) is 4.79 Å². The maximum Gasteiger partial charge on any atom is 0.323 e. The average Bonchev–Trinajstić information content (AvgIpc) is 3.05. The first-order chi connectivity index (χ1) is 11.6. The minimum atomic E-state index is -0.0963. The average molecular weight is 345 g/mol. The molecule has 2 heterocycles. The fraction of sp³-hybridized carbons (Fsp3) is 0.444. The molecule has 2 aromatic rings. The zero-order valence-electron chi connectivity index (χ0n) is 14.1. The molecule has 1 saturated heterocycles. The molecule has 24 heavy (non-hydrogen) atoms. The zero-order chi connectivity index (χ0) is 16.9. The quantitative estimate of drug-likeness (QED) is 0.918. The number of hydrogen-bond donors (Lipinski definition) is 1. The summed E-state index contributed by atoms with van der Waals surface area (Å²) in [6, 6.07) is 10.1. The third-order valence-corrected chi connectivity index (χ3v) is 5.25. The Labute approximate surface area is 146 Å². The molecule has 0 unspecified atom stereocenters. The molecule has 1 aliphatic rings. The Bertz CT molecular complexity index is 672. The molecule has 0 spiro atoms. The van der Waals surface area contributed by atoms with E-state index < -0.39 is 0 Å². The van der Waals surface area contributed by atoms with Crippen molar-refractivity contribution in [2.45, 2.75) is 32.3 Å². The van der Waals surface area contributed by atoms with E-state index in [4.69, 9.17) is 4.74 Å². The minimum absolute atomic E-state index is 0.0365. The molecule has 1 aromatic heterocycles. The molecular weight excluding hydrogens is 322 g/mol. The Morgan fingerprint density at radius 3 is 2.92 bits per heavy atom. The van der Waals surface area contributed by atoms with E-state index in [-0.39, 0.29) is 12.1 Å². The summed E-state index contributed by atoms with van der Waals surface area (Å²) < 4.78 is 5.81. The van der Waals surface area contributed by atoms with Crippen LogP contribution in [-0.4, -0.2) is 41.7 Å². The van der Waals surface area contributed by atoms with Crippen LogP contribution in [0, 0.1) is 0 Å². The number of hydrogen-bond acceptors (Lipinski definition) is 4. The van der Waals surface area contributed by atoms with Crippen LogP contribution in [0.2, 0.25) is 0 Å². The maximum absolute atomic E-state index is 12.5. The van der Waals surface area contributed by atoms with Gasteiger partial charge in [-0.05, 0) is 11.5 Å². The highest BCUT2D eigenvalue weighted by atomic mass is 32.1. The van der Waals surface area contributed by atoms with Crippen LogP contribution < -0.4 is 5.32 Å². The van der Waals surface area contributed by atoms with Gasteiger partial charge in [-0.1, -0.05) is 44.2 Å². The number of amides is 2. The van der Waals surface area contributed by atoms with Gasteiger partial charge in [0.1, 0.15) is 0 Å². The largest absolute Gasteiger partial charge is 0.374 e. The minimum Gasteiger partial charge on any atom is -0.374 e. The highest BCUT2D eigenvalue weighted by Crippen LogP contribution is 2.25. The lowest BCUT2D eigenvalue weighted by molar-refractivity contribution is -0.0113. The third kappa shape index (κ3) is 4.33. The summed E-state index contributed by atoms with van der Waals surface area (Å²) in [5, 5.41) is 3.57. The Kier molecular flexibility index (Phi) is 5.48. The van der Waals surface area contributed by atoms with Gasteiger partial charge < -0.3 is 9.64 Å². The van der Waals surface area contributed by atoms with E-state index in [0.717, 1.165) is 6.42 Å². The van der Waals surface area contributed by atoms with E-state index >= 15 is 0 Å². The number of thiazole rings is 1. The second-order valence-electron chi connectivity index (χ2n) is 6.28. The standard InChI is InChI=1S/C18H23N3O2S/c1-13(2)16-11-19-17(24-16)20-18(22)21-8-9-23-15(12-21)10-14-6-4-3-5-7-14/h3-7,11,13,15H,8-10,12H2,1-2H3,(H,19,20,22)/t15-/m0/s1. The Hall–Kier alpha value is -1.92. The highest BCUT2D eigenvalue weighted by molar-refractivity contribution is 7.15. The molecule has 1 fully saturated rings. The van der Waals surface area contributed by atoms with Gasteiger partial charge in [-0.2, -0.15) is 0 Å². The van der Waals surface area contributed by atoms with Crippen LogP contribution in [0.25, 0.3) is 0 Å². The van der Waals surface area contributed by atoms with Crippen LogP contribution in [0.15, 0.2) is 36.5 Å². The summed E-state index contributed by atoms with van der Waals surface area (Å²) in [5.41, 5.74) is 1.23. The van der Waals surface area contributed by atoms with Crippen molar-refractivity contribution in [3.8, 4) is 0 Å². The van der Waals surface area contributed by atoms with Crippen LogP contribution in [0.3, 0.4) is 0 Å². The molecule has 1 atom stereocenters. The van der Waals surface area contributed by atoms with Crippen molar-refractivity contribution >= 4 is 22.5 Å². The first kappa shape index (κ1) is 16.9. The molecule has 5 nitrogen and oxygen atoms in total. The fourth-order valence-electron chi connectivity index (χ4n) is 2.69. The van der Waals surface area contributed by atoms with Crippen LogP contribution in [0.4, 0.5) is 9.93 Å². The molecule has 0 radical (unpaired) electrons. The van der Waals surface area contributed by atoms with Gasteiger partial charge in [-0.15, -0.1) is 11.3 Å². The molecule has 0 saturated carbocycles. The maximum atomic E-state index is 12.5. The molecule has 3 rings (SSSR count). The number of nitrogens with one attached hydrogen (secondary N) is 1. The lowest BCUT2D eigenvalue weighted by Crippen LogP contribution is -2.48. The van der Waals surface area contributed by atoms with Crippen LogP contribution >= 0.6 is 11.3 Å². The van der Waals surface area contributed by atoms with Crippen molar-refractivity contribution in [3.63, 3.8) is 0 Å². The monoisotopic (exact) mass is 345 g/mol. The summed E-state index contributed by atoms with van der Waals surface area (Å²) in [4.78, 5) is 19.7. The molecule has 1 aromatic carbocycles. The van der Waals surface area contributed by atoms with Gasteiger partial charge in [-0.25, -0.2) is 9.78 Å². The van der Waals surface area contributed by atoms with Crippen molar-refractivity contribution in [2.75, 3.05) is 25.0 Å². The lowest BCUT2D eigenvalue weighted by Gasteiger charge is -2.32. The summed E-state index contributed by atoms with van der Waals surface area (Å²) in [7, 11) is 0. The number of rotatable bonds is 4. The van der Waals surface area contributed by atoms with Gasteiger partial charge >= 0.3 is 6.03 Å². The topological polar surface area (TPSA) is 54.5 Å². The Morgan fingerprint density at radius 1 is 1.42 bits per heavy atom. The van der Waals surface area contributed by atoms with Gasteiger partial charge in [0.15, 0.2) is 5.13 Å². The number of morpholine rings is 1. The number of anilines is 1. The Balaban J connectivity index is 1.56. The smallest absolute Gasteiger partial charge is 0.323 e. The summed E-state index contributed by atoms with van der Waals surface area (Å²) in [6.45, 7) is 6.02. The number of urea groups is 1. The molecule has 1 N–H and O–H groups in total. The van der Waals surface area contributed by atoms with Crippen LogP contribution in [-0.2, 0) is 11.2 Å². The predicted octanol–water partition coefficient (Wildman–Crippen LogP) is 3.74. The van der Waals surface area contributed by atoms with Crippen molar-refractivity contribution in [2.24, 2.45) is 0 Å². The molecule has 0 bridgehead atoms. The molecular formula is C18H23N3O2S. The number of carbonyl (C=O) groups excluding carboxylic acids is 1. The number of nitrogens with zero attached hydrogens (tertiary/aromatic N) is 2. The fourth-order valence-corrected chi connectivity index (χ4v) is 3.49. The normalized spacial score (nSPS) is 18.0. The molecule has 6 heteroatoms. The molecule has 0 aliphatic carbocycles. The van der Waals surface area contributed by atoms with Gasteiger partial charge in [0.05, 0.1) is 12.7 Å². The molecule has 2 amide bonds. The number of carbonyl (C=O) groups is 1. The van der Waals surface area contributed by atoms with Crippen molar-refractivity contribution < 1.29 is 9.53 Å². The molecule has 128 valence electrons. The summed E-state index contributed by atoms with van der Waals surface area (Å²) >= 11 is 1.54. The van der Waals surface area contributed by atoms with Crippen molar-refractivity contribution in [3.05, 3.63) is 47.0 Å². The first-order valence-corrected chi connectivity index (χ1v) is 9.10. The Morgan fingerprint density at radius 2 is 2.21 bits per heavy atom. The first-order valence-electron chi connectivity index (χ1n) is 8.29. The van der Waals surface area contributed by atoms with E-state index in [1.165, 1.54) is 21.8 Å². The van der Waals surface area contributed by atoms with Crippen LogP contribution in [0.5, 0.6) is 0 Å². The van der Waals surface area contributed by atoms with Gasteiger partial charge in [0.2, 0.25) is 0 Å². The zero-order valence-corrected chi connectivity index (χ0v) is 14.9. The van der Waals surface area contributed by atoms with Crippen LogP contribution in [0.1, 0.15) is 30.2 Å². The second-order valence-corrected chi connectivity index (χ2v) is 7.34. The summed E-state index contributed by atoms with van der Waals surface area (Å²) in [6.07, 6.45) is 2.69.